The number of carbonyl (C=O) groups excluding carboxylic acids is 1. The van der Waals surface area contributed by atoms with Crippen LogP contribution in [0.4, 0.5) is 4.79 Å². The van der Waals surface area contributed by atoms with Crippen LogP contribution < -0.4 is 14.8 Å². The van der Waals surface area contributed by atoms with Crippen molar-refractivity contribution in [2.75, 3.05) is 26.8 Å². The van der Waals surface area contributed by atoms with Gasteiger partial charge in [-0.25, -0.2) is 4.79 Å². The molecule has 2 rings (SSSR count). The number of nitrogens with one attached hydrogen (secondary N) is 1. The summed E-state index contributed by atoms with van der Waals surface area (Å²) in [6.07, 6.45) is 2.14. The van der Waals surface area contributed by atoms with Crippen molar-refractivity contribution in [1.29, 1.82) is 0 Å². The largest absolute Gasteiger partial charge is 0.493 e. The second-order valence-corrected chi connectivity index (χ2v) is 6.89. The Balaban J connectivity index is 1.94. The lowest BCUT2D eigenvalue weighted by Crippen LogP contribution is -2.46. The van der Waals surface area contributed by atoms with E-state index in [1.807, 2.05) is 50.8 Å². The summed E-state index contributed by atoms with van der Waals surface area (Å²) in [5, 5.41) is 3.07. The van der Waals surface area contributed by atoms with Gasteiger partial charge in [0.05, 0.1) is 25.4 Å². The van der Waals surface area contributed by atoms with Crippen molar-refractivity contribution >= 4 is 6.03 Å². The van der Waals surface area contributed by atoms with Crippen LogP contribution in [0, 0.1) is 0 Å². The topological polar surface area (TPSA) is 60.0 Å². The second kappa shape index (κ2) is 9.67. The summed E-state index contributed by atoms with van der Waals surface area (Å²) in [5.41, 5.74) is 0.982. The third kappa shape index (κ3) is 5.53. The predicted octanol–water partition coefficient (Wildman–Crippen LogP) is 3.75. The molecule has 6 nitrogen and oxygen atoms in total. The third-order valence-corrected chi connectivity index (χ3v) is 4.52. The van der Waals surface area contributed by atoms with Gasteiger partial charge in [0.15, 0.2) is 11.5 Å². The Bertz CT molecular complexity index is 583. The number of amides is 2. The SMILES string of the molecule is CCOC1CCN(C(=O)NC(C)c2ccc(OC(C)C)c(OC)c2)CC1. The van der Waals surface area contributed by atoms with Crippen LogP contribution in [0.25, 0.3) is 0 Å². The van der Waals surface area contributed by atoms with Gasteiger partial charge < -0.3 is 24.4 Å². The molecule has 0 aromatic heterocycles. The summed E-state index contributed by atoms with van der Waals surface area (Å²) in [7, 11) is 1.62. The number of nitrogens with zero attached hydrogens (tertiary/aromatic N) is 1. The quantitative estimate of drug-likeness (QED) is 0.800. The van der Waals surface area contributed by atoms with Crippen LogP contribution in [-0.2, 0) is 4.74 Å². The maximum atomic E-state index is 12.5. The van der Waals surface area contributed by atoms with Crippen LogP contribution in [0.5, 0.6) is 11.5 Å². The number of benzene rings is 1. The Morgan fingerprint density at radius 1 is 1.23 bits per heavy atom. The molecule has 26 heavy (non-hydrogen) atoms. The standard InChI is InChI=1S/C20H32N2O4/c1-6-25-17-9-11-22(12-10-17)20(23)21-15(4)16-7-8-18(26-14(2)3)19(13-16)24-5/h7-8,13-15,17H,6,9-12H2,1-5H3,(H,21,23). The van der Waals surface area contributed by atoms with E-state index in [1.165, 1.54) is 0 Å². The fourth-order valence-electron chi connectivity index (χ4n) is 3.13. The number of likely N-dealkylation sites (tertiary alicyclic amines) is 1. The summed E-state index contributed by atoms with van der Waals surface area (Å²) in [5.74, 6) is 1.39. The van der Waals surface area contributed by atoms with Gasteiger partial charge in [-0.15, -0.1) is 0 Å². The fraction of sp³-hybridized carbons (Fsp3) is 0.650. The summed E-state index contributed by atoms with van der Waals surface area (Å²) in [6.45, 7) is 10.1. The Morgan fingerprint density at radius 2 is 1.92 bits per heavy atom. The van der Waals surface area contributed by atoms with Crippen molar-refractivity contribution in [3.05, 3.63) is 23.8 Å². The first kappa shape index (κ1) is 20.4. The Labute approximate surface area is 156 Å². The van der Waals surface area contributed by atoms with Crippen molar-refractivity contribution in [1.82, 2.24) is 10.2 Å². The van der Waals surface area contributed by atoms with Crippen LogP contribution in [0.2, 0.25) is 0 Å². The van der Waals surface area contributed by atoms with E-state index in [9.17, 15) is 4.79 Å². The van der Waals surface area contributed by atoms with Crippen LogP contribution >= 0.6 is 0 Å². The van der Waals surface area contributed by atoms with Gasteiger partial charge in [-0.2, -0.15) is 0 Å². The number of methoxy groups -OCH3 is 1. The van der Waals surface area contributed by atoms with Crippen LogP contribution in [0.3, 0.4) is 0 Å². The number of piperidine rings is 1. The van der Waals surface area contributed by atoms with E-state index in [0.29, 0.717) is 11.5 Å². The average molecular weight is 364 g/mol. The molecule has 0 aliphatic carbocycles. The van der Waals surface area contributed by atoms with Gasteiger partial charge in [0.25, 0.3) is 0 Å². The molecule has 1 fully saturated rings. The summed E-state index contributed by atoms with van der Waals surface area (Å²) >= 11 is 0. The molecule has 1 aromatic rings. The zero-order valence-electron chi connectivity index (χ0n) is 16.6. The normalized spacial score (nSPS) is 16.5. The number of hydrogen-bond donors (Lipinski definition) is 1. The molecule has 1 N–H and O–H groups in total. The minimum atomic E-state index is -0.117. The van der Waals surface area contributed by atoms with Crippen molar-refractivity contribution in [3.63, 3.8) is 0 Å². The monoisotopic (exact) mass is 364 g/mol. The van der Waals surface area contributed by atoms with Crippen LogP contribution in [-0.4, -0.2) is 49.9 Å². The lowest BCUT2D eigenvalue weighted by Gasteiger charge is -2.32. The van der Waals surface area contributed by atoms with Crippen molar-refractivity contribution in [2.45, 2.75) is 58.8 Å². The van der Waals surface area contributed by atoms with E-state index in [4.69, 9.17) is 14.2 Å². The van der Waals surface area contributed by atoms with E-state index < -0.39 is 0 Å². The number of hydrogen-bond acceptors (Lipinski definition) is 4. The first-order valence-electron chi connectivity index (χ1n) is 9.46. The Morgan fingerprint density at radius 3 is 2.50 bits per heavy atom. The van der Waals surface area contributed by atoms with Crippen molar-refractivity contribution < 1.29 is 19.0 Å². The highest BCUT2D eigenvalue weighted by atomic mass is 16.5. The number of ether oxygens (including phenoxy) is 3. The van der Waals surface area contributed by atoms with E-state index in [2.05, 4.69) is 5.32 Å². The summed E-state index contributed by atoms with van der Waals surface area (Å²) in [4.78, 5) is 14.4. The number of rotatable bonds is 7. The van der Waals surface area contributed by atoms with E-state index >= 15 is 0 Å². The molecule has 1 heterocycles. The molecule has 1 aliphatic rings. The maximum Gasteiger partial charge on any atom is 0.317 e. The molecule has 1 atom stereocenters. The highest BCUT2D eigenvalue weighted by Crippen LogP contribution is 2.31. The minimum absolute atomic E-state index is 0.0334. The van der Waals surface area contributed by atoms with Crippen LogP contribution in [0.15, 0.2) is 18.2 Å². The molecule has 146 valence electrons. The molecule has 0 spiro atoms. The first-order chi connectivity index (χ1) is 12.4. The molecule has 1 saturated heterocycles. The molecule has 0 saturated carbocycles. The zero-order valence-corrected chi connectivity index (χ0v) is 16.6. The fourth-order valence-corrected chi connectivity index (χ4v) is 3.13. The highest BCUT2D eigenvalue weighted by Gasteiger charge is 2.24. The Hall–Kier alpha value is -1.95. The molecule has 0 bridgehead atoms. The summed E-state index contributed by atoms with van der Waals surface area (Å²) < 4.78 is 16.8. The van der Waals surface area contributed by atoms with Gasteiger partial charge in [-0.3, -0.25) is 0 Å². The first-order valence-corrected chi connectivity index (χ1v) is 9.46. The van der Waals surface area contributed by atoms with Gasteiger partial charge in [0, 0.05) is 19.7 Å². The molecule has 0 radical (unpaired) electrons. The van der Waals surface area contributed by atoms with E-state index in [0.717, 1.165) is 38.1 Å². The van der Waals surface area contributed by atoms with E-state index in [-0.39, 0.29) is 24.3 Å². The second-order valence-electron chi connectivity index (χ2n) is 6.89. The molecule has 1 aliphatic heterocycles. The zero-order chi connectivity index (χ0) is 19.1. The van der Waals surface area contributed by atoms with Gasteiger partial charge in [0.1, 0.15) is 0 Å². The highest BCUT2D eigenvalue weighted by molar-refractivity contribution is 5.74. The summed E-state index contributed by atoms with van der Waals surface area (Å²) in [6, 6.07) is 5.63. The van der Waals surface area contributed by atoms with Crippen LogP contribution in [0.1, 0.15) is 52.1 Å². The molecule has 6 heteroatoms. The van der Waals surface area contributed by atoms with Gasteiger partial charge in [0.2, 0.25) is 0 Å². The van der Waals surface area contributed by atoms with Gasteiger partial charge >= 0.3 is 6.03 Å². The van der Waals surface area contributed by atoms with Crippen molar-refractivity contribution in [2.24, 2.45) is 0 Å². The number of carbonyl (C=O) groups is 1. The van der Waals surface area contributed by atoms with Crippen molar-refractivity contribution in [3.8, 4) is 11.5 Å². The lowest BCUT2D eigenvalue weighted by molar-refractivity contribution is 0.0218. The third-order valence-electron chi connectivity index (χ3n) is 4.52. The predicted molar refractivity (Wildman–Crippen MR) is 102 cm³/mol. The lowest BCUT2D eigenvalue weighted by atomic mass is 10.1. The molecule has 2 amide bonds. The maximum absolute atomic E-state index is 12.5. The minimum Gasteiger partial charge on any atom is -0.493 e. The average Bonchev–Trinajstić information content (AvgIpc) is 2.62. The molecular formula is C20H32N2O4. The molecular weight excluding hydrogens is 332 g/mol. The molecule has 1 unspecified atom stereocenters. The van der Waals surface area contributed by atoms with Gasteiger partial charge in [-0.05, 0) is 58.2 Å². The smallest absolute Gasteiger partial charge is 0.317 e. The van der Waals surface area contributed by atoms with E-state index in [1.54, 1.807) is 7.11 Å². The Kier molecular flexibility index (Phi) is 7.57. The van der Waals surface area contributed by atoms with Gasteiger partial charge in [-0.1, -0.05) is 6.07 Å². The molecule has 1 aromatic carbocycles. The number of urea groups is 1.